The summed E-state index contributed by atoms with van der Waals surface area (Å²) in [7, 11) is 3.95. The van der Waals surface area contributed by atoms with E-state index < -0.39 is 0 Å². The van der Waals surface area contributed by atoms with Crippen molar-refractivity contribution in [2.24, 2.45) is 0 Å². The van der Waals surface area contributed by atoms with Crippen LogP contribution >= 0.6 is 11.9 Å². The van der Waals surface area contributed by atoms with Crippen molar-refractivity contribution in [3.63, 3.8) is 0 Å². The standard InChI is InChI=1S/C17H21N7O2S/c1-23(2)27-8-6-19-17(25)14-12-9-24(7-4-13(12)26-22-14)16-11-3-5-18-15(11)20-10-21-16/h3,5,10H,4,6-9H2,1-2H3,(H,19,25)(H,18,20,21). The van der Waals surface area contributed by atoms with E-state index in [-0.39, 0.29) is 5.91 Å². The molecular weight excluding hydrogens is 366 g/mol. The molecule has 3 aromatic rings. The van der Waals surface area contributed by atoms with Gasteiger partial charge in [-0.25, -0.2) is 9.97 Å². The van der Waals surface area contributed by atoms with Crippen LogP contribution in [0.4, 0.5) is 5.82 Å². The zero-order valence-electron chi connectivity index (χ0n) is 15.2. The number of hydrogen-bond acceptors (Lipinski definition) is 8. The number of nitrogens with one attached hydrogen (secondary N) is 2. The van der Waals surface area contributed by atoms with Gasteiger partial charge in [-0.2, -0.15) is 0 Å². The summed E-state index contributed by atoms with van der Waals surface area (Å²) in [6.07, 6.45) is 4.08. The minimum atomic E-state index is -0.198. The number of hydrogen-bond donors (Lipinski definition) is 2. The lowest BCUT2D eigenvalue weighted by molar-refractivity contribution is 0.0946. The predicted octanol–water partition coefficient (Wildman–Crippen LogP) is 1.45. The highest BCUT2D eigenvalue weighted by atomic mass is 32.2. The largest absolute Gasteiger partial charge is 0.360 e. The average molecular weight is 387 g/mol. The van der Waals surface area contributed by atoms with E-state index in [2.05, 4.69) is 30.3 Å². The summed E-state index contributed by atoms with van der Waals surface area (Å²) in [5.41, 5.74) is 2.00. The monoisotopic (exact) mass is 387 g/mol. The summed E-state index contributed by atoms with van der Waals surface area (Å²) in [5, 5.41) is 7.90. The Morgan fingerprint density at radius 2 is 2.33 bits per heavy atom. The highest BCUT2D eigenvalue weighted by molar-refractivity contribution is 7.97. The van der Waals surface area contributed by atoms with Gasteiger partial charge in [-0.1, -0.05) is 17.1 Å². The van der Waals surface area contributed by atoms with Gasteiger partial charge in [0.2, 0.25) is 0 Å². The number of aromatic nitrogens is 4. The number of anilines is 1. The van der Waals surface area contributed by atoms with Crippen molar-refractivity contribution in [3.8, 4) is 0 Å². The number of nitrogens with zero attached hydrogens (tertiary/aromatic N) is 5. The second-order valence-corrected chi connectivity index (χ2v) is 7.84. The molecule has 10 heteroatoms. The molecule has 0 aromatic carbocycles. The molecule has 0 saturated heterocycles. The molecule has 1 aliphatic rings. The van der Waals surface area contributed by atoms with Gasteiger partial charge in [-0.15, -0.1) is 0 Å². The molecular formula is C17H21N7O2S. The molecule has 4 rings (SSSR count). The van der Waals surface area contributed by atoms with Crippen molar-refractivity contribution in [1.82, 2.24) is 29.7 Å². The number of carbonyl (C=O) groups excluding carboxylic acids is 1. The van der Waals surface area contributed by atoms with Crippen LogP contribution in [0.2, 0.25) is 0 Å². The van der Waals surface area contributed by atoms with Crippen molar-refractivity contribution in [2.45, 2.75) is 13.0 Å². The smallest absolute Gasteiger partial charge is 0.273 e. The highest BCUT2D eigenvalue weighted by Crippen LogP contribution is 2.29. The fourth-order valence-electron chi connectivity index (χ4n) is 3.16. The maximum absolute atomic E-state index is 12.5. The molecule has 0 fully saturated rings. The third-order valence-corrected chi connectivity index (χ3v) is 5.32. The Kier molecular flexibility index (Phi) is 4.99. The fraction of sp³-hybridized carbons (Fsp3) is 0.412. The summed E-state index contributed by atoms with van der Waals surface area (Å²) in [4.78, 5) is 26.5. The number of aromatic amines is 1. The molecule has 0 unspecified atom stereocenters. The second-order valence-electron chi connectivity index (χ2n) is 6.44. The van der Waals surface area contributed by atoms with Gasteiger partial charge in [0.15, 0.2) is 5.69 Å². The molecule has 1 amide bonds. The molecule has 0 bridgehead atoms. The van der Waals surface area contributed by atoms with E-state index in [1.165, 1.54) is 0 Å². The van der Waals surface area contributed by atoms with Crippen LogP contribution in [0.3, 0.4) is 0 Å². The van der Waals surface area contributed by atoms with Crippen molar-refractivity contribution >= 4 is 34.7 Å². The highest BCUT2D eigenvalue weighted by Gasteiger charge is 2.28. The first-order valence-corrected chi connectivity index (χ1v) is 9.66. The fourth-order valence-corrected chi connectivity index (χ4v) is 3.71. The van der Waals surface area contributed by atoms with E-state index in [4.69, 9.17) is 4.52 Å². The summed E-state index contributed by atoms with van der Waals surface area (Å²) < 4.78 is 7.43. The molecule has 9 nitrogen and oxygen atoms in total. The van der Waals surface area contributed by atoms with Crippen LogP contribution in [0.5, 0.6) is 0 Å². The number of fused-ring (bicyclic) bond motifs is 2. The summed E-state index contributed by atoms with van der Waals surface area (Å²) in [6, 6.07) is 1.96. The van der Waals surface area contributed by atoms with Crippen LogP contribution in [-0.2, 0) is 13.0 Å². The molecule has 0 aliphatic carbocycles. The number of rotatable bonds is 6. The van der Waals surface area contributed by atoms with Crippen LogP contribution < -0.4 is 10.2 Å². The van der Waals surface area contributed by atoms with Crippen LogP contribution in [0.25, 0.3) is 11.0 Å². The Labute approximate surface area is 160 Å². The van der Waals surface area contributed by atoms with Crippen molar-refractivity contribution in [1.29, 1.82) is 0 Å². The van der Waals surface area contributed by atoms with Gasteiger partial charge in [0.25, 0.3) is 5.91 Å². The molecule has 0 spiro atoms. The van der Waals surface area contributed by atoms with E-state index in [0.29, 0.717) is 25.2 Å². The second kappa shape index (κ2) is 7.57. The number of H-pyrrole nitrogens is 1. The van der Waals surface area contributed by atoms with E-state index in [9.17, 15) is 4.79 Å². The molecule has 1 aliphatic heterocycles. The molecule has 0 atom stereocenters. The van der Waals surface area contributed by atoms with Gasteiger partial charge in [-0.05, 0) is 20.2 Å². The lowest BCUT2D eigenvalue weighted by Crippen LogP contribution is -2.33. The average Bonchev–Trinajstić information content (AvgIpc) is 3.30. The molecule has 0 saturated carbocycles. The maximum Gasteiger partial charge on any atom is 0.273 e. The predicted molar refractivity (Wildman–Crippen MR) is 104 cm³/mol. The molecule has 4 heterocycles. The molecule has 142 valence electrons. The van der Waals surface area contributed by atoms with Gasteiger partial charge in [0, 0.05) is 37.0 Å². The Morgan fingerprint density at radius 1 is 1.44 bits per heavy atom. The van der Waals surface area contributed by atoms with Crippen molar-refractivity contribution in [2.75, 3.05) is 37.8 Å². The summed E-state index contributed by atoms with van der Waals surface area (Å²) in [5.74, 6) is 2.23. The maximum atomic E-state index is 12.5. The zero-order chi connectivity index (χ0) is 18.8. The Balaban J connectivity index is 1.50. The van der Waals surface area contributed by atoms with Crippen LogP contribution in [0, 0.1) is 0 Å². The minimum Gasteiger partial charge on any atom is -0.360 e. The van der Waals surface area contributed by atoms with Gasteiger partial charge in [-0.3, -0.25) is 9.10 Å². The van der Waals surface area contributed by atoms with Gasteiger partial charge >= 0.3 is 0 Å². The molecule has 2 N–H and O–H groups in total. The van der Waals surface area contributed by atoms with Crippen molar-refractivity contribution in [3.05, 3.63) is 35.6 Å². The summed E-state index contributed by atoms with van der Waals surface area (Å²) in [6.45, 7) is 1.86. The normalized spacial score (nSPS) is 14.0. The Hall–Kier alpha value is -2.59. The molecule has 27 heavy (non-hydrogen) atoms. The Morgan fingerprint density at radius 3 is 3.19 bits per heavy atom. The van der Waals surface area contributed by atoms with Gasteiger partial charge in [0.1, 0.15) is 23.6 Å². The first-order chi connectivity index (χ1) is 13.1. The van der Waals surface area contributed by atoms with Crippen LogP contribution in [0.15, 0.2) is 23.1 Å². The van der Waals surface area contributed by atoms with E-state index >= 15 is 0 Å². The SMILES string of the molecule is CN(C)SCCNC(=O)c1noc2c1CN(c1ncnc3[nH]ccc13)CC2. The lowest BCUT2D eigenvalue weighted by Gasteiger charge is -2.27. The number of amides is 1. The van der Waals surface area contributed by atoms with Crippen molar-refractivity contribution < 1.29 is 9.32 Å². The van der Waals surface area contributed by atoms with E-state index in [1.807, 2.05) is 30.7 Å². The molecule has 3 aromatic heterocycles. The quantitative estimate of drug-likeness (QED) is 0.484. The third-order valence-electron chi connectivity index (χ3n) is 4.41. The first kappa shape index (κ1) is 17.8. The van der Waals surface area contributed by atoms with E-state index in [1.54, 1.807) is 18.3 Å². The third kappa shape index (κ3) is 3.62. The Bertz CT molecular complexity index is 952. The minimum absolute atomic E-state index is 0.198. The molecule has 0 radical (unpaired) electrons. The zero-order valence-corrected chi connectivity index (χ0v) is 16.0. The van der Waals surface area contributed by atoms with Gasteiger partial charge < -0.3 is 19.7 Å². The van der Waals surface area contributed by atoms with Crippen LogP contribution in [0.1, 0.15) is 21.8 Å². The van der Waals surface area contributed by atoms with Gasteiger partial charge in [0.05, 0.1) is 11.9 Å². The first-order valence-electron chi connectivity index (χ1n) is 8.72. The summed E-state index contributed by atoms with van der Waals surface area (Å²) >= 11 is 1.65. The topological polar surface area (TPSA) is 103 Å². The number of carbonyl (C=O) groups is 1. The lowest BCUT2D eigenvalue weighted by atomic mass is 10.1. The van der Waals surface area contributed by atoms with E-state index in [0.717, 1.165) is 40.5 Å². The van der Waals surface area contributed by atoms with Crippen LogP contribution in [-0.4, -0.2) is 63.3 Å².